The van der Waals surface area contributed by atoms with Crippen molar-refractivity contribution in [1.29, 1.82) is 0 Å². The monoisotopic (exact) mass is 306 g/mol. The number of benzene rings is 2. The number of amides is 3. The zero-order valence-electron chi connectivity index (χ0n) is 12.2. The fourth-order valence-corrected chi connectivity index (χ4v) is 2.30. The van der Waals surface area contributed by atoms with E-state index in [1.54, 1.807) is 24.3 Å². The van der Waals surface area contributed by atoms with E-state index >= 15 is 0 Å². The largest absolute Gasteiger partial charge is 0.348 e. The minimum absolute atomic E-state index is 0.211. The first kappa shape index (κ1) is 14.7. The molecule has 3 rings (SSSR count). The van der Waals surface area contributed by atoms with E-state index in [9.17, 15) is 14.4 Å². The molecule has 0 saturated carbocycles. The molecule has 0 spiro atoms. The van der Waals surface area contributed by atoms with E-state index in [0.29, 0.717) is 17.8 Å². The lowest BCUT2D eigenvalue weighted by Gasteiger charge is -2.14. The van der Waals surface area contributed by atoms with E-state index in [1.165, 1.54) is 12.2 Å². The molecule has 114 valence electrons. The summed E-state index contributed by atoms with van der Waals surface area (Å²) >= 11 is 0. The minimum Gasteiger partial charge on any atom is -0.348 e. The van der Waals surface area contributed by atoms with Crippen LogP contribution in [-0.2, 0) is 16.1 Å². The Morgan fingerprint density at radius 3 is 2.09 bits per heavy atom. The summed E-state index contributed by atoms with van der Waals surface area (Å²) in [5.41, 5.74) is 1.93. The molecule has 1 N–H and O–H groups in total. The topological polar surface area (TPSA) is 66.5 Å². The predicted octanol–water partition coefficient (Wildman–Crippen LogP) is 2.05. The lowest BCUT2D eigenvalue weighted by Crippen LogP contribution is -2.29. The molecule has 0 bridgehead atoms. The van der Waals surface area contributed by atoms with Gasteiger partial charge in [0.1, 0.15) is 0 Å². The molecule has 0 atom stereocenters. The van der Waals surface area contributed by atoms with Crippen molar-refractivity contribution in [2.75, 3.05) is 4.90 Å². The molecule has 1 aliphatic rings. The van der Waals surface area contributed by atoms with Gasteiger partial charge >= 0.3 is 0 Å². The van der Waals surface area contributed by atoms with E-state index in [4.69, 9.17) is 0 Å². The second-order valence-electron chi connectivity index (χ2n) is 5.06. The first-order chi connectivity index (χ1) is 11.1. The highest BCUT2D eigenvalue weighted by molar-refractivity contribution is 6.28. The third-order valence-electron chi connectivity index (χ3n) is 3.49. The molecule has 1 heterocycles. The van der Waals surface area contributed by atoms with Gasteiger partial charge in [-0.1, -0.05) is 30.3 Å². The highest BCUT2D eigenvalue weighted by Gasteiger charge is 2.24. The van der Waals surface area contributed by atoms with Gasteiger partial charge in [0.05, 0.1) is 5.69 Å². The smallest absolute Gasteiger partial charge is 0.258 e. The van der Waals surface area contributed by atoms with E-state index in [0.717, 1.165) is 10.5 Å². The molecule has 1 aliphatic heterocycles. The van der Waals surface area contributed by atoms with Crippen molar-refractivity contribution >= 4 is 23.4 Å². The van der Waals surface area contributed by atoms with Crippen molar-refractivity contribution in [3.05, 3.63) is 77.9 Å². The number of anilines is 1. The molecule has 23 heavy (non-hydrogen) atoms. The fraction of sp³-hybridized carbons (Fsp3) is 0.0556. The van der Waals surface area contributed by atoms with Crippen LogP contribution in [0.15, 0.2) is 66.7 Å². The van der Waals surface area contributed by atoms with Gasteiger partial charge in [-0.15, -0.1) is 0 Å². The minimum atomic E-state index is -0.378. The van der Waals surface area contributed by atoms with Crippen molar-refractivity contribution < 1.29 is 14.4 Å². The Bertz CT molecular complexity index is 762. The van der Waals surface area contributed by atoms with Crippen LogP contribution in [0.5, 0.6) is 0 Å². The summed E-state index contributed by atoms with van der Waals surface area (Å²) in [7, 11) is 0. The molecule has 0 saturated heterocycles. The van der Waals surface area contributed by atoms with E-state index < -0.39 is 0 Å². The number of rotatable bonds is 4. The average Bonchev–Trinajstić information content (AvgIpc) is 2.92. The Hall–Kier alpha value is -3.21. The Balaban J connectivity index is 1.66. The van der Waals surface area contributed by atoms with Crippen LogP contribution in [0.1, 0.15) is 15.9 Å². The van der Waals surface area contributed by atoms with Crippen LogP contribution in [0.4, 0.5) is 5.69 Å². The maximum absolute atomic E-state index is 12.1. The number of hydrogen-bond acceptors (Lipinski definition) is 3. The normalized spacial score (nSPS) is 13.5. The lowest BCUT2D eigenvalue weighted by atomic mass is 10.1. The number of carbonyl (C=O) groups excluding carboxylic acids is 3. The summed E-state index contributed by atoms with van der Waals surface area (Å²) in [5.74, 6) is -0.967. The van der Waals surface area contributed by atoms with Gasteiger partial charge in [0.25, 0.3) is 17.7 Å². The van der Waals surface area contributed by atoms with Gasteiger partial charge in [-0.3, -0.25) is 14.4 Å². The Kier molecular flexibility index (Phi) is 4.01. The summed E-state index contributed by atoms with van der Waals surface area (Å²) in [6.07, 6.45) is 2.45. The molecular weight excluding hydrogens is 292 g/mol. The second-order valence-corrected chi connectivity index (χ2v) is 5.06. The standard InChI is InChI=1S/C18H14N2O3/c21-16-10-11-17(22)20(16)15-8-6-14(7-9-15)18(23)19-12-13-4-2-1-3-5-13/h1-11H,12H2,(H,19,23). The van der Waals surface area contributed by atoms with Crippen molar-refractivity contribution in [3.63, 3.8) is 0 Å². The van der Waals surface area contributed by atoms with Crippen molar-refractivity contribution in [2.45, 2.75) is 6.54 Å². The summed E-state index contributed by atoms with van der Waals surface area (Å²) < 4.78 is 0. The third kappa shape index (κ3) is 3.18. The van der Waals surface area contributed by atoms with Gasteiger partial charge in [0, 0.05) is 24.3 Å². The van der Waals surface area contributed by atoms with Crippen molar-refractivity contribution in [3.8, 4) is 0 Å². The molecule has 3 amide bonds. The van der Waals surface area contributed by atoms with Crippen LogP contribution in [0, 0.1) is 0 Å². The maximum atomic E-state index is 12.1. The fourth-order valence-electron chi connectivity index (χ4n) is 2.30. The van der Waals surface area contributed by atoms with E-state index in [-0.39, 0.29) is 17.7 Å². The summed E-state index contributed by atoms with van der Waals surface area (Å²) in [4.78, 5) is 36.4. The molecule has 2 aromatic rings. The number of nitrogens with zero attached hydrogens (tertiary/aromatic N) is 1. The Morgan fingerprint density at radius 2 is 1.48 bits per heavy atom. The average molecular weight is 306 g/mol. The van der Waals surface area contributed by atoms with Gasteiger partial charge in [0.2, 0.25) is 0 Å². The second kappa shape index (κ2) is 6.27. The number of imide groups is 1. The predicted molar refractivity (Wildman–Crippen MR) is 85.7 cm³/mol. The quantitative estimate of drug-likeness (QED) is 0.879. The van der Waals surface area contributed by atoms with Gasteiger partial charge in [-0.25, -0.2) is 4.90 Å². The summed E-state index contributed by atoms with van der Waals surface area (Å²) in [5, 5.41) is 2.82. The van der Waals surface area contributed by atoms with Crippen LogP contribution in [-0.4, -0.2) is 17.7 Å². The Morgan fingerprint density at radius 1 is 0.870 bits per heavy atom. The zero-order chi connectivity index (χ0) is 16.2. The number of hydrogen-bond donors (Lipinski definition) is 1. The molecule has 0 aromatic heterocycles. The highest BCUT2D eigenvalue weighted by atomic mass is 16.2. The molecule has 2 aromatic carbocycles. The van der Waals surface area contributed by atoms with Gasteiger partial charge in [-0.05, 0) is 29.8 Å². The van der Waals surface area contributed by atoms with Crippen LogP contribution in [0.25, 0.3) is 0 Å². The lowest BCUT2D eigenvalue weighted by molar-refractivity contribution is -0.119. The molecule has 0 radical (unpaired) electrons. The third-order valence-corrected chi connectivity index (χ3v) is 3.49. The zero-order valence-corrected chi connectivity index (χ0v) is 12.2. The molecule has 5 heteroatoms. The number of carbonyl (C=O) groups is 3. The molecule has 0 unspecified atom stereocenters. The summed E-state index contributed by atoms with van der Waals surface area (Å²) in [6, 6.07) is 16.0. The number of nitrogens with one attached hydrogen (secondary N) is 1. The molecule has 0 fully saturated rings. The van der Waals surface area contributed by atoms with Crippen molar-refractivity contribution in [2.24, 2.45) is 0 Å². The van der Waals surface area contributed by atoms with Crippen LogP contribution in [0.2, 0.25) is 0 Å². The molecule has 0 aliphatic carbocycles. The first-order valence-electron chi connectivity index (χ1n) is 7.13. The Labute approximate surface area is 133 Å². The van der Waals surface area contributed by atoms with E-state index in [2.05, 4.69) is 5.32 Å². The van der Waals surface area contributed by atoms with Crippen LogP contribution >= 0.6 is 0 Å². The van der Waals surface area contributed by atoms with Crippen LogP contribution < -0.4 is 10.2 Å². The SMILES string of the molecule is O=C(NCc1ccccc1)c1ccc(N2C(=O)C=CC2=O)cc1. The van der Waals surface area contributed by atoms with Crippen LogP contribution in [0.3, 0.4) is 0 Å². The maximum Gasteiger partial charge on any atom is 0.258 e. The van der Waals surface area contributed by atoms with Crippen molar-refractivity contribution in [1.82, 2.24) is 5.32 Å². The highest BCUT2D eigenvalue weighted by Crippen LogP contribution is 2.19. The summed E-state index contributed by atoms with van der Waals surface area (Å²) in [6.45, 7) is 0.439. The molecular formula is C18H14N2O3. The van der Waals surface area contributed by atoms with Gasteiger partial charge < -0.3 is 5.32 Å². The molecule has 5 nitrogen and oxygen atoms in total. The first-order valence-corrected chi connectivity index (χ1v) is 7.13. The van der Waals surface area contributed by atoms with E-state index in [1.807, 2.05) is 30.3 Å². The van der Waals surface area contributed by atoms with Gasteiger partial charge in [-0.2, -0.15) is 0 Å². The van der Waals surface area contributed by atoms with Gasteiger partial charge in [0.15, 0.2) is 0 Å².